The average molecular weight is 280 g/mol. The van der Waals surface area contributed by atoms with Crippen LogP contribution in [0.3, 0.4) is 0 Å². The summed E-state index contributed by atoms with van der Waals surface area (Å²) in [7, 11) is 0. The lowest BCUT2D eigenvalue weighted by molar-refractivity contribution is 0.204. The zero-order valence-corrected chi connectivity index (χ0v) is 11.3. The molecule has 1 saturated heterocycles. The van der Waals surface area contributed by atoms with Gasteiger partial charge in [0.1, 0.15) is 5.69 Å². The molecule has 1 aromatic heterocycles. The fourth-order valence-electron chi connectivity index (χ4n) is 2.23. The van der Waals surface area contributed by atoms with Gasteiger partial charge < -0.3 is 20.9 Å². The highest BCUT2D eigenvalue weighted by molar-refractivity contribution is 5.95. The van der Waals surface area contributed by atoms with Gasteiger partial charge in [-0.3, -0.25) is 4.90 Å². The molecule has 2 heterocycles. The molecule has 0 aromatic carbocycles. The summed E-state index contributed by atoms with van der Waals surface area (Å²) in [5.41, 5.74) is 5.95. The molecule has 110 valence electrons. The van der Waals surface area contributed by atoms with Crippen LogP contribution >= 0.6 is 0 Å². The molecule has 0 amide bonds. The number of oxime groups is 1. The molecule has 2 rings (SSSR count). The van der Waals surface area contributed by atoms with Crippen molar-refractivity contribution in [3.8, 4) is 0 Å². The first-order valence-corrected chi connectivity index (χ1v) is 6.63. The van der Waals surface area contributed by atoms with Crippen molar-refractivity contribution in [1.82, 2.24) is 14.9 Å². The van der Waals surface area contributed by atoms with Crippen LogP contribution in [0.1, 0.15) is 12.1 Å². The maximum Gasteiger partial charge on any atom is 0.226 e. The van der Waals surface area contributed by atoms with Crippen LogP contribution in [0.5, 0.6) is 0 Å². The first-order valence-electron chi connectivity index (χ1n) is 6.63. The highest BCUT2D eigenvalue weighted by Gasteiger charge is 2.17. The summed E-state index contributed by atoms with van der Waals surface area (Å²) < 4.78 is 0. The number of rotatable bonds is 4. The van der Waals surface area contributed by atoms with Crippen molar-refractivity contribution in [3.63, 3.8) is 0 Å². The second-order valence-corrected chi connectivity index (χ2v) is 4.63. The third-order valence-corrected chi connectivity index (χ3v) is 3.30. The Morgan fingerprint density at radius 2 is 2.20 bits per heavy atom. The Morgan fingerprint density at radius 1 is 1.35 bits per heavy atom. The molecule has 8 nitrogen and oxygen atoms in total. The standard InChI is InChI=1S/C12H20N6O2/c13-11(16-20)10-2-3-14-12(15-10)18-5-1-4-17(6-7-18)8-9-19/h2-3,19-20H,1,4-9H2,(H2,13,16). The molecule has 20 heavy (non-hydrogen) atoms. The molecule has 8 heteroatoms. The van der Waals surface area contributed by atoms with Crippen LogP contribution in [-0.4, -0.2) is 70.3 Å². The van der Waals surface area contributed by atoms with Gasteiger partial charge in [-0.05, 0) is 19.0 Å². The Labute approximate surface area is 117 Å². The lowest BCUT2D eigenvalue weighted by Gasteiger charge is -2.21. The molecule has 1 fully saturated rings. The topological polar surface area (TPSA) is 111 Å². The Hall–Kier alpha value is -1.93. The first-order chi connectivity index (χ1) is 9.74. The van der Waals surface area contributed by atoms with Gasteiger partial charge >= 0.3 is 0 Å². The van der Waals surface area contributed by atoms with Gasteiger partial charge in [-0.15, -0.1) is 0 Å². The second kappa shape index (κ2) is 7.01. The Balaban J connectivity index is 2.08. The molecule has 0 aliphatic carbocycles. The summed E-state index contributed by atoms with van der Waals surface area (Å²) >= 11 is 0. The van der Waals surface area contributed by atoms with Crippen molar-refractivity contribution in [3.05, 3.63) is 18.0 Å². The van der Waals surface area contributed by atoms with E-state index in [-0.39, 0.29) is 12.4 Å². The predicted molar refractivity (Wildman–Crippen MR) is 74.9 cm³/mol. The van der Waals surface area contributed by atoms with Crippen molar-refractivity contribution < 1.29 is 10.3 Å². The zero-order valence-electron chi connectivity index (χ0n) is 11.3. The Bertz CT molecular complexity index is 467. The minimum absolute atomic E-state index is 0.0228. The molecule has 0 saturated carbocycles. The summed E-state index contributed by atoms with van der Waals surface area (Å²) in [4.78, 5) is 12.8. The number of nitrogens with zero attached hydrogens (tertiary/aromatic N) is 5. The van der Waals surface area contributed by atoms with Crippen molar-refractivity contribution in [2.75, 3.05) is 44.2 Å². The molecule has 0 spiro atoms. The van der Waals surface area contributed by atoms with E-state index in [1.165, 1.54) is 0 Å². The monoisotopic (exact) mass is 280 g/mol. The maximum atomic E-state index is 8.99. The van der Waals surface area contributed by atoms with Crippen LogP contribution in [-0.2, 0) is 0 Å². The van der Waals surface area contributed by atoms with Crippen LogP contribution in [0.25, 0.3) is 0 Å². The fraction of sp³-hybridized carbons (Fsp3) is 0.583. The molecule has 1 aliphatic rings. The summed E-state index contributed by atoms with van der Waals surface area (Å²) in [6, 6.07) is 1.61. The third-order valence-electron chi connectivity index (χ3n) is 3.30. The van der Waals surface area contributed by atoms with Gasteiger partial charge in [-0.2, -0.15) is 0 Å². The number of amidine groups is 1. The van der Waals surface area contributed by atoms with Crippen LogP contribution < -0.4 is 10.6 Å². The summed E-state index contributed by atoms with van der Waals surface area (Å²) in [6.45, 7) is 4.32. The number of β-amino-alcohol motifs (C(OH)–C–C–N with tert-alkyl or cyclic N) is 1. The third kappa shape index (κ3) is 3.55. The van der Waals surface area contributed by atoms with Crippen molar-refractivity contribution in [2.24, 2.45) is 10.9 Å². The normalized spacial score (nSPS) is 18.1. The smallest absolute Gasteiger partial charge is 0.226 e. The van der Waals surface area contributed by atoms with E-state index in [1.54, 1.807) is 12.3 Å². The Morgan fingerprint density at radius 3 is 2.95 bits per heavy atom. The fourth-order valence-corrected chi connectivity index (χ4v) is 2.23. The summed E-state index contributed by atoms with van der Waals surface area (Å²) in [5, 5.41) is 20.6. The van der Waals surface area contributed by atoms with E-state index in [2.05, 4.69) is 24.9 Å². The van der Waals surface area contributed by atoms with Crippen LogP contribution in [0.15, 0.2) is 17.4 Å². The lowest BCUT2D eigenvalue weighted by atomic mass is 10.3. The minimum Gasteiger partial charge on any atom is -0.409 e. The SMILES string of the molecule is N/C(=N/O)c1ccnc(N2CCCN(CCO)CC2)n1. The van der Waals surface area contributed by atoms with E-state index in [1.807, 2.05) is 0 Å². The first kappa shape index (κ1) is 14.5. The van der Waals surface area contributed by atoms with Crippen LogP contribution in [0.4, 0.5) is 5.95 Å². The zero-order chi connectivity index (χ0) is 14.4. The van der Waals surface area contributed by atoms with Crippen molar-refractivity contribution in [1.29, 1.82) is 0 Å². The van der Waals surface area contributed by atoms with E-state index >= 15 is 0 Å². The lowest BCUT2D eigenvalue weighted by Crippen LogP contribution is -2.33. The quantitative estimate of drug-likeness (QED) is 0.283. The van der Waals surface area contributed by atoms with E-state index in [0.29, 0.717) is 18.2 Å². The minimum atomic E-state index is -0.0228. The van der Waals surface area contributed by atoms with E-state index < -0.39 is 0 Å². The highest BCUT2D eigenvalue weighted by Crippen LogP contribution is 2.11. The second-order valence-electron chi connectivity index (χ2n) is 4.63. The number of anilines is 1. The average Bonchev–Trinajstić information content (AvgIpc) is 2.73. The van der Waals surface area contributed by atoms with E-state index in [0.717, 1.165) is 32.6 Å². The molecule has 0 atom stereocenters. The highest BCUT2D eigenvalue weighted by atomic mass is 16.4. The summed E-state index contributed by atoms with van der Waals surface area (Å²) in [5.74, 6) is 0.560. The van der Waals surface area contributed by atoms with Gasteiger partial charge in [0.15, 0.2) is 5.84 Å². The molecule has 0 radical (unpaired) electrons. The largest absolute Gasteiger partial charge is 0.409 e. The summed E-state index contributed by atoms with van der Waals surface area (Å²) in [6.07, 6.45) is 2.59. The van der Waals surface area contributed by atoms with Gasteiger partial charge in [0.25, 0.3) is 0 Å². The van der Waals surface area contributed by atoms with E-state index in [4.69, 9.17) is 16.0 Å². The number of aromatic nitrogens is 2. The van der Waals surface area contributed by atoms with Gasteiger partial charge in [-0.25, -0.2) is 9.97 Å². The molecule has 1 aliphatic heterocycles. The van der Waals surface area contributed by atoms with Crippen molar-refractivity contribution in [2.45, 2.75) is 6.42 Å². The molecule has 0 unspecified atom stereocenters. The number of aliphatic hydroxyl groups excluding tert-OH is 1. The number of hydrogen-bond acceptors (Lipinski definition) is 7. The van der Waals surface area contributed by atoms with Gasteiger partial charge in [0.05, 0.1) is 6.61 Å². The number of nitrogens with two attached hydrogens (primary N) is 1. The van der Waals surface area contributed by atoms with Gasteiger partial charge in [0.2, 0.25) is 5.95 Å². The molecular formula is C12H20N6O2. The van der Waals surface area contributed by atoms with Gasteiger partial charge in [-0.1, -0.05) is 5.16 Å². The maximum absolute atomic E-state index is 8.99. The van der Waals surface area contributed by atoms with Crippen molar-refractivity contribution >= 4 is 11.8 Å². The van der Waals surface area contributed by atoms with Gasteiger partial charge in [0, 0.05) is 32.4 Å². The molecule has 4 N–H and O–H groups in total. The number of aliphatic hydroxyl groups is 1. The van der Waals surface area contributed by atoms with Crippen LogP contribution in [0, 0.1) is 0 Å². The number of hydrogen-bond donors (Lipinski definition) is 3. The molecular weight excluding hydrogens is 260 g/mol. The molecule has 1 aromatic rings. The Kier molecular flexibility index (Phi) is 5.08. The van der Waals surface area contributed by atoms with Crippen LogP contribution in [0.2, 0.25) is 0 Å². The predicted octanol–water partition coefficient (Wildman–Crippen LogP) is -0.924. The van der Waals surface area contributed by atoms with E-state index in [9.17, 15) is 0 Å². The molecule has 0 bridgehead atoms.